The summed E-state index contributed by atoms with van der Waals surface area (Å²) in [6, 6.07) is 17.5. The number of carbonyl (C=O) groups excluding carboxylic acids is 1. The molecule has 0 atom stereocenters. The molecule has 0 spiro atoms. The molecule has 1 aliphatic carbocycles. The second-order valence-electron chi connectivity index (χ2n) is 8.47. The first-order valence-electron chi connectivity index (χ1n) is 11.4. The van der Waals surface area contributed by atoms with Gasteiger partial charge in [-0.05, 0) is 61.7 Å². The predicted octanol–water partition coefficient (Wildman–Crippen LogP) is 3.84. The van der Waals surface area contributed by atoms with Crippen molar-refractivity contribution in [3.63, 3.8) is 0 Å². The summed E-state index contributed by atoms with van der Waals surface area (Å²) in [6.07, 6.45) is 4.12. The van der Waals surface area contributed by atoms with E-state index in [4.69, 9.17) is 9.47 Å². The van der Waals surface area contributed by atoms with Gasteiger partial charge in [0.15, 0.2) is 5.75 Å². The van der Waals surface area contributed by atoms with Crippen LogP contribution in [0.25, 0.3) is 22.2 Å². The topological polar surface area (TPSA) is 120 Å². The van der Waals surface area contributed by atoms with E-state index in [0.717, 1.165) is 35.9 Å². The molecule has 1 amide bonds. The number of sulfonamides is 1. The number of aromatic nitrogens is 3. The van der Waals surface area contributed by atoms with Gasteiger partial charge in [-0.3, -0.25) is 9.78 Å². The molecule has 0 radical (unpaired) electrons. The number of ether oxygens (including phenoxy) is 2. The molecule has 0 unspecified atom stereocenters. The third kappa shape index (κ3) is 4.18. The summed E-state index contributed by atoms with van der Waals surface area (Å²) in [5.74, 6) is -0.851. The van der Waals surface area contributed by atoms with Gasteiger partial charge in [0.1, 0.15) is 11.3 Å². The SMILES string of the molecule is COc1ccc(C2(OC)CCC2)nc1S(=O)(=O)NC(=O)c1ccc2c(-c3ccccn3)cccc2n1. The number of carbonyl (C=O) groups is 1. The molecule has 1 saturated carbocycles. The van der Waals surface area contributed by atoms with Gasteiger partial charge in [0.2, 0.25) is 5.03 Å². The van der Waals surface area contributed by atoms with Crippen LogP contribution < -0.4 is 9.46 Å². The zero-order chi connectivity index (χ0) is 25.3. The van der Waals surface area contributed by atoms with Crippen LogP contribution in [0.4, 0.5) is 0 Å². The van der Waals surface area contributed by atoms with Crippen molar-refractivity contribution in [3.8, 4) is 17.0 Å². The Kier molecular flexibility index (Phi) is 6.15. The van der Waals surface area contributed by atoms with Gasteiger partial charge < -0.3 is 9.47 Å². The van der Waals surface area contributed by atoms with Gasteiger partial charge in [0, 0.05) is 24.3 Å². The van der Waals surface area contributed by atoms with Crippen LogP contribution in [0.3, 0.4) is 0 Å². The van der Waals surface area contributed by atoms with Crippen LogP contribution >= 0.6 is 0 Å². The molecule has 36 heavy (non-hydrogen) atoms. The fraction of sp³-hybridized carbons (Fsp3) is 0.231. The van der Waals surface area contributed by atoms with E-state index in [2.05, 4.69) is 19.7 Å². The Hall–Kier alpha value is -3.89. The molecule has 0 bridgehead atoms. The number of rotatable bonds is 7. The van der Waals surface area contributed by atoms with E-state index >= 15 is 0 Å². The third-order valence-corrected chi connectivity index (χ3v) is 7.71. The van der Waals surface area contributed by atoms with Gasteiger partial charge in [-0.2, -0.15) is 8.42 Å². The summed E-state index contributed by atoms with van der Waals surface area (Å²) in [4.78, 5) is 26.1. The number of methoxy groups -OCH3 is 2. The van der Waals surface area contributed by atoms with E-state index in [0.29, 0.717) is 11.2 Å². The first-order valence-corrected chi connectivity index (χ1v) is 12.8. The van der Waals surface area contributed by atoms with Gasteiger partial charge in [0.25, 0.3) is 15.9 Å². The van der Waals surface area contributed by atoms with Gasteiger partial charge in [-0.15, -0.1) is 0 Å². The molecule has 1 aromatic carbocycles. The minimum absolute atomic E-state index is 0.0242. The number of pyridine rings is 3. The van der Waals surface area contributed by atoms with E-state index in [1.54, 1.807) is 31.5 Å². The second kappa shape index (κ2) is 9.29. The maximum absolute atomic E-state index is 13.2. The zero-order valence-electron chi connectivity index (χ0n) is 19.8. The maximum Gasteiger partial charge on any atom is 0.285 e. The summed E-state index contributed by atoms with van der Waals surface area (Å²) >= 11 is 0. The van der Waals surface area contributed by atoms with Crippen molar-refractivity contribution < 1.29 is 22.7 Å². The Balaban J connectivity index is 1.46. The number of fused-ring (bicyclic) bond motifs is 1. The number of amides is 1. The van der Waals surface area contributed by atoms with E-state index < -0.39 is 21.5 Å². The van der Waals surface area contributed by atoms with Crippen LogP contribution in [0, 0.1) is 0 Å². The Morgan fingerprint density at radius 3 is 2.47 bits per heavy atom. The lowest BCUT2D eigenvalue weighted by Crippen LogP contribution is -2.38. The quantitative estimate of drug-likeness (QED) is 0.403. The van der Waals surface area contributed by atoms with E-state index in [1.165, 1.54) is 19.2 Å². The molecular weight excluding hydrogens is 480 g/mol. The molecule has 3 heterocycles. The van der Waals surface area contributed by atoms with Crippen molar-refractivity contribution >= 4 is 26.8 Å². The number of nitrogens with one attached hydrogen (secondary N) is 1. The average Bonchev–Trinajstić information content (AvgIpc) is 2.88. The van der Waals surface area contributed by atoms with Crippen LogP contribution in [-0.4, -0.2) is 43.5 Å². The van der Waals surface area contributed by atoms with Gasteiger partial charge in [-0.1, -0.05) is 18.2 Å². The number of hydrogen-bond donors (Lipinski definition) is 1. The van der Waals surface area contributed by atoms with Crippen molar-refractivity contribution in [1.82, 2.24) is 19.7 Å². The zero-order valence-corrected chi connectivity index (χ0v) is 20.6. The summed E-state index contributed by atoms with van der Waals surface area (Å²) in [5.41, 5.74) is 1.96. The van der Waals surface area contributed by atoms with Crippen LogP contribution in [0.15, 0.2) is 71.9 Å². The smallest absolute Gasteiger partial charge is 0.285 e. The van der Waals surface area contributed by atoms with Crippen molar-refractivity contribution in [2.45, 2.75) is 29.9 Å². The fourth-order valence-corrected chi connectivity index (χ4v) is 5.42. The Bertz CT molecular complexity index is 1550. The van der Waals surface area contributed by atoms with Crippen LogP contribution in [-0.2, 0) is 20.4 Å². The number of nitrogens with zero attached hydrogens (tertiary/aromatic N) is 3. The highest BCUT2D eigenvalue weighted by molar-refractivity contribution is 7.90. The van der Waals surface area contributed by atoms with Crippen LogP contribution in [0.1, 0.15) is 35.4 Å². The molecule has 9 nitrogen and oxygen atoms in total. The molecule has 5 rings (SSSR count). The van der Waals surface area contributed by atoms with E-state index in [1.807, 2.05) is 30.3 Å². The maximum atomic E-state index is 13.2. The highest BCUT2D eigenvalue weighted by atomic mass is 32.2. The molecule has 0 aliphatic heterocycles. The Morgan fingerprint density at radius 1 is 0.972 bits per heavy atom. The third-order valence-electron chi connectivity index (χ3n) is 6.45. The molecule has 4 aromatic rings. The highest BCUT2D eigenvalue weighted by Crippen LogP contribution is 2.44. The Morgan fingerprint density at radius 2 is 1.81 bits per heavy atom. The Labute approximate surface area is 208 Å². The molecule has 10 heteroatoms. The van der Waals surface area contributed by atoms with Crippen LogP contribution in [0.5, 0.6) is 5.75 Å². The predicted molar refractivity (Wildman–Crippen MR) is 133 cm³/mol. The van der Waals surface area contributed by atoms with E-state index in [-0.39, 0.29) is 16.5 Å². The second-order valence-corrected chi connectivity index (χ2v) is 10.1. The van der Waals surface area contributed by atoms with Gasteiger partial charge in [0.05, 0.1) is 24.0 Å². The standard InChI is InChI=1S/C26H24N4O5S/c1-34-22-12-13-23(26(35-2)14-6-15-26)29-25(22)36(32,33)30-24(31)21-11-10-18-17(7-5-9-20(18)28-21)19-8-3-4-16-27-19/h3-5,7-13,16H,6,14-15H2,1-2H3,(H,30,31). The summed E-state index contributed by atoms with van der Waals surface area (Å²) in [5, 5.41) is 0.411. The number of hydrogen-bond acceptors (Lipinski definition) is 8. The van der Waals surface area contributed by atoms with Crippen molar-refractivity contribution in [1.29, 1.82) is 0 Å². The monoisotopic (exact) mass is 504 g/mol. The molecule has 3 aromatic heterocycles. The first-order chi connectivity index (χ1) is 17.4. The fourth-order valence-electron chi connectivity index (χ4n) is 4.34. The number of benzene rings is 1. The largest absolute Gasteiger partial charge is 0.494 e. The lowest BCUT2D eigenvalue weighted by molar-refractivity contribution is -0.0815. The highest BCUT2D eigenvalue weighted by Gasteiger charge is 2.41. The summed E-state index contributed by atoms with van der Waals surface area (Å²) in [7, 11) is -1.45. The lowest BCUT2D eigenvalue weighted by atomic mass is 9.77. The van der Waals surface area contributed by atoms with Crippen LogP contribution in [0.2, 0.25) is 0 Å². The molecule has 1 fully saturated rings. The van der Waals surface area contributed by atoms with Crippen molar-refractivity contribution in [3.05, 3.63) is 78.2 Å². The minimum atomic E-state index is -4.37. The molecule has 1 N–H and O–H groups in total. The molecule has 184 valence electrons. The molecule has 1 aliphatic rings. The lowest BCUT2D eigenvalue weighted by Gasteiger charge is -2.40. The molecule has 0 saturated heterocycles. The molecular formula is C26H24N4O5S. The van der Waals surface area contributed by atoms with Crippen molar-refractivity contribution in [2.75, 3.05) is 14.2 Å². The van der Waals surface area contributed by atoms with Crippen molar-refractivity contribution in [2.24, 2.45) is 0 Å². The summed E-state index contributed by atoms with van der Waals surface area (Å²) in [6.45, 7) is 0. The van der Waals surface area contributed by atoms with E-state index in [9.17, 15) is 13.2 Å². The average molecular weight is 505 g/mol. The summed E-state index contributed by atoms with van der Waals surface area (Å²) < 4.78 is 39.4. The minimum Gasteiger partial charge on any atom is -0.494 e. The first kappa shape index (κ1) is 23.8. The van der Waals surface area contributed by atoms with Gasteiger partial charge >= 0.3 is 0 Å². The van der Waals surface area contributed by atoms with Gasteiger partial charge in [-0.25, -0.2) is 14.7 Å². The normalized spacial score (nSPS) is 14.7.